The number of hydrogen-bond donors (Lipinski definition) is 1. The molecule has 0 bridgehead atoms. The highest BCUT2D eigenvalue weighted by atomic mass is 19.4. The Balaban J connectivity index is 1.73. The molecule has 0 atom stereocenters. The molecule has 0 saturated carbocycles. The van der Waals surface area contributed by atoms with Gasteiger partial charge in [0, 0.05) is 18.7 Å². The summed E-state index contributed by atoms with van der Waals surface area (Å²) in [5.41, 5.74) is -3.56. The van der Waals surface area contributed by atoms with Gasteiger partial charge in [-0.3, -0.25) is 19.3 Å². The minimum absolute atomic E-state index is 0.0611. The molecular weight excluding hydrogens is 418 g/mol. The molecule has 0 radical (unpaired) electrons. The summed E-state index contributed by atoms with van der Waals surface area (Å²) in [6, 6.07) is 6.63. The zero-order valence-electron chi connectivity index (χ0n) is 14.9. The molecule has 2 aromatic rings. The van der Waals surface area contributed by atoms with Crippen molar-refractivity contribution < 1.29 is 40.7 Å². The van der Waals surface area contributed by atoms with Gasteiger partial charge >= 0.3 is 12.4 Å². The molecule has 0 fully saturated rings. The van der Waals surface area contributed by atoms with Crippen LogP contribution in [0.3, 0.4) is 0 Å². The minimum Gasteiger partial charge on any atom is -0.326 e. The fraction of sp³-hybridized carbons (Fsp3) is 0.211. The van der Waals surface area contributed by atoms with Crippen molar-refractivity contribution in [2.45, 2.75) is 18.8 Å². The summed E-state index contributed by atoms with van der Waals surface area (Å²) >= 11 is 0. The summed E-state index contributed by atoms with van der Waals surface area (Å²) in [4.78, 5) is 37.3. The van der Waals surface area contributed by atoms with E-state index >= 15 is 0 Å². The van der Waals surface area contributed by atoms with E-state index in [4.69, 9.17) is 0 Å². The van der Waals surface area contributed by atoms with Gasteiger partial charge in [0.1, 0.15) is 0 Å². The largest absolute Gasteiger partial charge is 0.416 e. The Morgan fingerprint density at radius 1 is 0.833 bits per heavy atom. The molecule has 0 aliphatic carbocycles. The number of carbonyl (C=O) groups excluding carboxylic acids is 3. The highest BCUT2D eigenvalue weighted by Gasteiger charge is 2.37. The number of hydrogen-bond acceptors (Lipinski definition) is 3. The van der Waals surface area contributed by atoms with Gasteiger partial charge in [0.25, 0.3) is 11.8 Å². The van der Waals surface area contributed by atoms with E-state index in [0.717, 1.165) is 4.90 Å². The molecule has 0 saturated heterocycles. The van der Waals surface area contributed by atoms with Gasteiger partial charge < -0.3 is 5.32 Å². The zero-order valence-corrected chi connectivity index (χ0v) is 14.9. The van der Waals surface area contributed by atoms with E-state index in [0.29, 0.717) is 12.1 Å². The third-order valence-corrected chi connectivity index (χ3v) is 4.31. The van der Waals surface area contributed by atoms with Crippen LogP contribution in [0, 0.1) is 0 Å². The second-order valence-electron chi connectivity index (χ2n) is 6.40. The van der Waals surface area contributed by atoms with Crippen LogP contribution in [0.4, 0.5) is 32.0 Å². The van der Waals surface area contributed by atoms with Crippen molar-refractivity contribution in [2.24, 2.45) is 0 Å². The number of anilines is 1. The smallest absolute Gasteiger partial charge is 0.326 e. The highest BCUT2D eigenvalue weighted by molar-refractivity contribution is 6.21. The predicted molar refractivity (Wildman–Crippen MR) is 91.5 cm³/mol. The summed E-state index contributed by atoms with van der Waals surface area (Å²) in [5, 5.41) is 1.95. The average molecular weight is 430 g/mol. The molecule has 0 unspecified atom stereocenters. The molecule has 3 rings (SSSR count). The number of alkyl halides is 6. The number of nitrogens with one attached hydrogen (secondary N) is 1. The molecule has 1 aliphatic heterocycles. The van der Waals surface area contributed by atoms with E-state index in [-0.39, 0.29) is 23.7 Å². The molecule has 3 amide bonds. The first-order valence-electron chi connectivity index (χ1n) is 8.42. The first-order valence-corrected chi connectivity index (χ1v) is 8.42. The molecule has 2 aromatic carbocycles. The number of nitrogens with zero attached hydrogens (tertiary/aromatic N) is 1. The summed E-state index contributed by atoms with van der Waals surface area (Å²) < 4.78 is 77.3. The third-order valence-electron chi connectivity index (χ3n) is 4.31. The molecule has 158 valence electrons. The van der Waals surface area contributed by atoms with E-state index in [2.05, 4.69) is 0 Å². The molecule has 5 nitrogen and oxygen atoms in total. The number of carbonyl (C=O) groups is 3. The number of fused-ring (bicyclic) bond motifs is 1. The van der Waals surface area contributed by atoms with Crippen LogP contribution in [0.5, 0.6) is 0 Å². The van der Waals surface area contributed by atoms with Crippen LogP contribution < -0.4 is 5.32 Å². The second-order valence-corrected chi connectivity index (χ2v) is 6.40. The first kappa shape index (κ1) is 21.3. The Morgan fingerprint density at radius 3 is 1.73 bits per heavy atom. The molecule has 1 N–H and O–H groups in total. The Bertz CT molecular complexity index is 962. The van der Waals surface area contributed by atoms with Gasteiger partial charge in [-0.15, -0.1) is 0 Å². The molecule has 11 heteroatoms. The number of imide groups is 1. The summed E-state index contributed by atoms with van der Waals surface area (Å²) in [7, 11) is 0. The van der Waals surface area contributed by atoms with Crippen molar-refractivity contribution >= 4 is 23.4 Å². The van der Waals surface area contributed by atoms with Crippen LogP contribution in [0.15, 0.2) is 42.5 Å². The fourth-order valence-electron chi connectivity index (χ4n) is 2.91. The van der Waals surface area contributed by atoms with Gasteiger partial charge in [-0.1, -0.05) is 12.1 Å². The second kappa shape index (κ2) is 7.47. The van der Waals surface area contributed by atoms with Crippen LogP contribution in [-0.2, 0) is 17.1 Å². The van der Waals surface area contributed by atoms with Crippen molar-refractivity contribution in [1.82, 2.24) is 4.90 Å². The summed E-state index contributed by atoms with van der Waals surface area (Å²) in [5.74, 6) is -2.23. The maximum absolute atomic E-state index is 12.9. The van der Waals surface area contributed by atoms with Gasteiger partial charge in [0.05, 0.1) is 22.3 Å². The van der Waals surface area contributed by atoms with Gasteiger partial charge in [0.15, 0.2) is 0 Å². The normalized spacial score (nSPS) is 14.1. The maximum atomic E-state index is 12.9. The molecule has 1 aliphatic rings. The van der Waals surface area contributed by atoms with E-state index in [9.17, 15) is 40.7 Å². The topological polar surface area (TPSA) is 66.5 Å². The SMILES string of the molecule is O=C(CCN1C(=O)c2ccccc2C1=O)Nc1cc(C(F)(F)F)cc(C(F)(F)F)c1. The minimum atomic E-state index is -5.05. The van der Waals surface area contributed by atoms with Crippen molar-refractivity contribution in [3.8, 4) is 0 Å². The fourth-order valence-corrected chi connectivity index (χ4v) is 2.91. The van der Waals surface area contributed by atoms with Crippen LogP contribution in [0.1, 0.15) is 38.3 Å². The number of halogens is 6. The quantitative estimate of drug-likeness (QED) is 0.580. The van der Waals surface area contributed by atoms with Crippen LogP contribution in [-0.4, -0.2) is 29.2 Å². The van der Waals surface area contributed by atoms with E-state index < -0.39 is 53.3 Å². The van der Waals surface area contributed by atoms with E-state index in [1.54, 1.807) is 12.1 Å². The van der Waals surface area contributed by atoms with Crippen LogP contribution in [0.2, 0.25) is 0 Å². The number of rotatable bonds is 4. The van der Waals surface area contributed by atoms with Crippen molar-refractivity contribution in [3.63, 3.8) is 0 Å². The highest BCUT2D eigenvalue weighted by Crippen LogP contribution is 2.37. The van der Waals surface area contributed by atoms with E-state index in [1.165, 1.54) is 12.1 Å². The average Bonchev–Trinajstić information content (AvgIpc) is 2.89. The molecule has 0 aromatic heterocycles. The summed E-state index contributed by atoms with van der Waals surface area (Å²) in [6.07, 6.45) is -10.6. The first-order chi connectivity index (χ1) is 13.9. The van der Waals surface area contributed by atoms with Crippen molar-refractivity contribution in [1.29, 1.82) is 0 Å². The van der Waals surface area contributed by atoms with Gasteiger partial charge in [0.2, 0.25) is 5.91 Å². The summed E-state index contributed by atoms with van der Waals surface area (Å²) in [6.45, 7) is -0.386. The van der Waals surface area contributed by atoms with Gasteiger partial charge in [-0.2, -0.15) is 26.3 Å². The van der Waals surface area contributed by atoms with Gasteiger partial charge in [-0.25, -0.2) is 0 Å². The Kier molecular flexibility index (Phi) is 5.31. The van der Waals surface area contributed by atoms with Crippen LogP contribution in [0.25, 0.3) is 0 Å². The Morgan fingerprint density at radius 2 is 1.30 bits per heavy atom. The molecule has 1 heterocycles. The maximum Gasteiger partial charge on any atom is 0.416 e. The number of amides is 3. The standard InChI is InChI=1S/C19H12F6N2O3/c20-18(21,22)10-7-11(19(23,24)25)9-12(8-10)26-15(28)5-6-27-16(29)13-3-1-2-4-14(13)17(27)30/h1-4,7-9H,5-6H2,(H,26,28). The molecular formula is C19H12F6N2O3. The lowest BCUT2D eigenvalue weighted by Gasteiger charge is -2.16. The Labute approximate surface area is 165 Å². The van der Waals surface area contributed by atoms with Gasteiger partial charge in [-0.05, 0) is 30.3 Å². The van der Waals surface area contributed by atoms with E-state index in [1.807, 2.05) is 5.32 Å². The number of benzene rings is 2. The monoisotopic (exact) mass is 430 g/mol. The van der Waals surface area contributed by atoms with Crippen molar-refractivity contribution in [3.05, 3.63) is 64.7 Å². The lowest BCUT2D eigenvalue weighted by atomic mass is 10.1. The predicted octanol–water partition coefficient (Wildman–Crippen LogP) is 4.35. The van der Waals surface area contributed by atoms with Crippen LogP contribution >= 0.6 is 0 Å². The third kappa shape index (κ3) is 4.29. The zero-order chi connectivity index (χ0) is 22.3. The lowest BCUT2D eigenvalue weighted by Crippen LogP contribution is -2.32. The van der Waals surface area contributed by atoms with Crippen molar-refractivity contribution in [2.75, 3.05) is 11.9 Å². The molecule has 30 heavy (non-hydrogen) atoms. The lowest BCUT2D eigenvalue weighted by molar-refractivity contribution is -0.143. The Hall–Kier alpha value is -3.37. The molecule has 0 spiro atoms.